The van der Waals surface area contributed by atoms with Crippen molar-refractivity contribution in [1.82, 2.24) is 5.32 Å². The molecule has 0 aliphatic rings. The highest BCUT2D eigenvalue weighted by atomic mass is 32.1. The van der Waals surface area contributed by atoms with Crippen molar-refractivity contribution >= 4 is 23.1 Å². The number of aryl methyl sites for hydroxylation is 1. The summed E-state index contributed by atoms with van der Waals surface area (Å²) in [5.74, 6) is 0.0384. The van der Waals surface area contributed by atoms with Crippen molar-refractivity contribution in [1.29, 1.82) is 0 Å². The van der Waals surface area contributed by atoms with Gasteiger partial charge in [0.1, 0.15) is 0 Å². The van der Waals surface area contributed by atoms with Crippen LogP contribution in [0.2, 0.25) is 0 Å². The summed E-state index contributed by atoms with van der Waals surface area (Å²) in [6.07, 6.45) is 2.80. The van der Waals surface area contributed by atoms with Crippen molar-refractivity contribution in [3.63, 3.8) is 0 Å². The van der Waals surface area contributed by atoms with Crippen LogP contribution in [0.3, 0.4) is 0 Å². The molecule has 3 N–H and O–H groups in total. The molecule has 0 aromatic carbocycles. The molecule has 0 atom stereocenters. The predicted molar refractivity (Wildman–Crippen MR) is 71.0 cm³/mol. The molecule has 4 nitrogen and oxygen atoms in total. The van der Waals surface area contributed by atoms with E-state index in [0.717, 1.165) is 5.56 Å². The maximum Gasteiger partial charge on any atom is 0.288 e. The number of hydrogen-bond donors (Lipinski definition) is 2. The van der Waals surface area contributed by atoms with Gasteiger partial charge in [0.15, 0.2) is 5.76 Å². The first kappa shape index (κ1) is 13.7. The molecular formula is C12H18N2O2S. The van der Waals surface area contributed by atoms with E-state index in [0.29, 0.717) is 23.6 Å². The molecule has 0 aliphatic heterocycles. The maximum absolute atomic E-state index is 12.0. The van der Waals surface area contributed by atoms with Crippen molar-refractivity contribution in [3.8, 4) is 0 Å². The number of amides is 1. The summed E-state index contributed by atoms with van der Waals surface area (Å²) in [5, 5.41) is 2.87. The van der Waals surface area contributed by atoms with E-state index in [1.807, 2.05) is 20.8 Å². The number of thiocarbonyl (C=S) groups is 1. The zero-order chi connectivity index (χ0) is 13.1. The van der Waals surface area contributed by atoms with Crippen LogP contribution in [0.1, 0.15) is 42.8 Å². The van der Waals surface area contributed by atoms with Crippen LogP contribution in [0.25, 0.3) is 0 Å². The van der Waals surface area contributed by atoms with Gasteiger partial charge in [-0.1, -0.05) is 26.1 Å². The molecule has 1 aromatic rings. The summed E-state index contributed by atoms with van der Waals surface area (Å²) in [5.41, 5.74) is 5.88. The van der Waals surface area contributed by atoms with Gasteiger partial charge in [0.05, 0.1) is 16.8 Å². The Hall–Kier alpha value is -1.36. The van der Waals surface area contributed by atoms with E-state index in [1.165, 1.54) is 6.26 Å². The molecule has 0 unspecified atom stereocenters. The molecule has 0 radical (unpaired) electrons. The molecular weight excluding hydrogens is 236 g/mol. The van der Waals surface area contributed by atoms with Crippen LogP contribution >= 0.6 is 12.2 Å². The molecule has 0 fully saturated rings. The Bertz CT molecular complexity index is 422. The van der Waals surface area contributed by atoms with Gasteiger partial charge in [0.25, 0.3) is 5.91 Å². The zero-order valence-corrected chi connectivity index (χ0v) is 11.2. The summed E-state index contributed by atoms with van der Waals surface area (Å²) in [4.78, 5) is 12.4. The fraction of sp³-hybridized carbons (Fsp3) is 0.500. The molecule has 0 bridgehead atoms. The SMILES string of the molecule is CCC(CC)(NC(=O)c1occc1C)C(N)=S. The summed E-state index contributed by atoms with van der Waals surface area (Å²) in [6, 6.07) is 1.75. The van der Waals surface area contributed by atoms with Crippen LogP contribution in [-0.4, -0.2) is 16.4 Å². The minimum absolute atomic E-state index is 0.274. The smallest absolute Gasteiger partial charge is 0.288 e. The normalized spacial score (nSPS) is 11.2. The van der Waals surface area contributed by atoms with E-state index in [9.17, 15) is 4.79 Å². The molecule has 5 heteroatoms. The average molecular weight is 254 g/mol. The molecule has 17 heavy (non-hydrogen) atoms. The highest BCUT2D eigenvalue weighted by Crippen LogP contribution is 2.18. The van der Waals surface area contributed by atoms with Crippen molar-refractivity contribution in [2.24, 2.45) is 5.73 Å². The van der Waals surface area contributed by atoms with E-state index in [1.54, 1.807) is 6.07 Å². The number of rotatable bonds is 5. The second-order valence-electron chi connectivity index (χ2n) is 4.04. The highest BCUT2D eigenvalue weighted by molar-refractivity contribution is 7.80. The molecule has 94 valence electrons. The third-order valence-corrected chi connectivity index (χ3v) is 3.49. The van der Waals surface area contributed by atoms with Crippen LogP contribution in [-0.2, 0) is 0 Å². The van der Waals surface area contributed by atoms with Gasteiger partial charge in [0.2, 0.25) is 0 Å². The van der Waals surface area contributed by atoms with Crippen LogP contribution in [0.4, 0.5) is 0 Å². The molecule has 0 saturated carbocycles. The van der Waals surface area contributed by atoms with Gasteiger partial charge in [-0.2, -0.15) is 0 Å². The summed E-state index contributed by atoms with van der Waals surface area (Å²) in [7, 11) is 0. The first-order valence-corrected chi connectivity index (χ1v) is 6.04. The zero-order valence-electron chi connectivity index (χ0n) is 10.4. The lowest BCUT2D eigenvalue weighted by Crippen LogP contribution is -2.56. The van der Waals surface area contributed by atoms with Crippen molar-refractivity contribution in [2.45, 2.75) is 39.2 Å². The van der Waals surface area contributed by atoms with Gasteiger partial charge in [-0.05, 0) is 25.8 Å². The fourth-order valence-corrected chi connectivity index (χ4v) is 2.06. The lowest BCUT2D eigenvalue weighted by molar-refractivity contribution is 0.0890. The van der Waals surface area contributed by atoms with Crippen LogP contribution in [0.15, 0.2) is 16.7 Å². The monoisotopic (exact) mass is 254 g/mol. The van der Waals surface area contributed by atoms with Gasteiger partial charge in [-0.3, -0.25) is 4.79 Å². The lowest BCUT2D eigenvalue weighted by Gasteiger charge is -2.31. The predicted octanol–water partition coefficient (Wildman–Crippen LogP) is 2.16. The first-order chi connectivity index (χ1) is 7.96. The van der Waals surface area contributed by atoms with Crippen molar-refractivity contribution < 1.29 is 9.21 Å². The van der Waals surface area contributed by atoms with Crippen LogP contribution < -0.4 is 11.1 Å². The standard InChI is InChI=1S/C12H18N2O2S/c1-4-12(5-2,11(13)17)14-10(15)9-8(3)6-7-16-9/h6-7H,4-5H2,1-3H3,(H2,13,17)(H,14,15). The minimum atomic E-state index is -0.633. The number of nitrogens with one attached hydrogen (secondary N) is 1. The Morgan fingerprint density at radius 1 is 1.53 bits per heavy atom. The number of furan rings is 1. The number of nitrogens with two attached hydrogens (primary N) is 1. The third-order valence-electron chi connectivity index (χ3n) is 3.10. The number of hydrogen-bond acceptors (Lipinski definition) is 3. The maximum atomic E-state index is 12.0. The molecule has 0 spiro atoms. The topological polar surface area (TPSA) is 68.3 Å². The number of carbonyl (C=O) groups excluding carboxylic acids is 1. The van der Waals surface area contributed by atoms with E-state index in [4.69, 9.17) is 22.4 Å². The minimum Gasteiger partial charge on any atom is -0.459 e. The first-order valence-electron chi connectivity index (χ1n) is 5.63. The Morgan fingerprint density at radius 2 is 2.12 bits per heavy atom. The molecule has 0 saturated heterocycles. The Labute approximate surface area is 107 Å². The summed E-state index contributed by atoms with van der Waals surface area (Å²) < 4.78 is 5.14. The summed E-state index contributed by atoms with van der Waals surface area (Å²) >= 11 is 5.04. The van der Waals surface area contributed by atoms with E-state index >= 15 is 0 Å². The third kappa shape index (κ3) is 2.66. The largest absolute Gasteiger partial charge is 0.459 e. The van der Waals surface area contributed by atoms with Crippen molar-refractivity contribution in [3.05, 3.63) is 23.7 Å². The molecule has 0 aliphatic carbocycles. The second-order valence-corrected chi connectivity index (χ2v) is 4.48. The highest BCUT2D eigenvalue weighted by Gasteiger charge is 2.32. The van der Waals surface area contributed by atoms with Gasteiger partial charge in [-0.25, -0.2) is 0 Å². The fourth-order valence-electron chi connectivity index (χ4n) is 1.72. The molecule has 1 heterocycles. The lowest BCUT2D eigenvalue weighted by atomic mass is 9.92. The van der Waals surface area contributed by atoms with E-state index in [2.05, 4.69) is 5.32 Å². The van der Waals surface area contributed by atoms with Gasteiger partial charge in [0, 0.05) is 5.56 Å². The van der Waals surface area contributed by atoms with Gasteiger partial charge < -0.3 is 15.5 Å². The quantitative estimate of drug-likeness (QED) is 0.790. The molecule has 1 aromatic heterocycles. The average Bonchev–Trinajstić information content (AvgIpc) is 2.72. The Kier molecular flexibility index (Phi) is 4.28. The van der Waals surface area contributed by atoms with Crippen molar-refractivity contribution in [2.75, 3.05) is 0 Å². The second kappa shape index (κ2) is 5.31. The Morgan fingerprint density at radius 3 is 2.47 bits per heavy atom. The van der Waals surface area contributed by atoms with Gasteiger partial charge >= 0.3 is 0 Å². The van der Waals surface area contributed by atoms with E-state index < -0.39 is 5.54 Å². The molecule has 1 rings (SSSR count). The van der Waals surface area contributed by atoms with E-state index in [-0.39, 0.29) is 5.91 Å². The van der Waals surface area contributed by atoms with Gasteiger partial charge in [-0.15, -0.1) is 0 Å². The molecule has 1 amide bonds. The van der Waals surface area contributed by atoms with Crippen LogP contribution in [0.5, 0.6) is 0 Å². The number of carbonyl (C=O) groups is 1. The summed E-state index contributed by atoms with van der Waals surface area (Å²) in [6.45, 7) is 5.70. The Balaban J connectivity index is 2.93. The van der Waals surface area contributed by atoms with Crippen LogP contribution in [0, 0.1) is 6.92 Å².